The minimum absolute atomic E-state index is 0.0218. The number of hydrogen-bond acceptors (Lipinski definition) is 3. The molecule has 1 atom stereocenters. The van der Waals surface area contributed by atoms with Crippen molar-refractivity contribution in [1.29, 1.82) is 0 Å². The molecule has 1 aliphatic heterocycles. The van der Waals surface area contributed by atoms with Crippen LogP contribution >= 0.6 is 0 Å². The van der Waals surface area contributed by atoms with Crippen LogP contribution in [-0.4, -0.2) is 24.5 Å². The maximum absolute atomic E-state index is 10.4. The third-order valence-electron chi connectivity index (χ3n) is 2.60. The number of hydrogen-bond donors (Lipinski definition) is 1. The first-order valence-electron chi connectivity index (χ1n) is 5.25. The van der Waals surface area contributed by atoms with E-state index in [9.17, 15) is 4.79 Å². The quantitative estimate of drug-likeness (QED) is 0.843. The fourth-order valence-electron chi connectivity index (χ4n) is 1.68. The van der Waals surface area contributed by atoms with Crippen LogP contribution in [0, 0.1) is 0 Å². The van der Waals surface area contributed by atoms with Crippen LogP contribution in [0.25, 0.3) is 0 Å². The van der Waals surface area contributed by atoms with Gasteiger partial charge in [-0.05, 0) is 17.5 Å². The molecular formula is C12H14O4. The molecule has 1 aromatic carbocycles. The van der Waals surface area contributed by atoms with E-state index in [-0.39, 0.29) is 12.5 Å². The minimum atomic E-state index is -0.767. The van der Waals surface area contributed by atoms with E-state index in [1.54, 1.807) is 0 Å². The molecule has 1 aromatic rings. The Labute approximate surface area is 93.8 Å². The maximum Gasteiger partial charge on any atom is 0.303 e. The monoisotopic (exact) mass is 222 g/mol. The standard InChI is InChI=1S/C12H14O4/c13-12(14)6-3-9-1-4-10(5-2-9)11-7-15-8-16-11/h1-2,4-5,11H,3,6-8H2,(H,13,14). The lowest BCUT2D eigenvalue weighted by Gasteiger charge is -2.08. The van der Waals surface area contributed by atoms with E-state index in [2.05, 4.69) is 0 Å². The number of rotatable bonds is 4. The smallest absolute Gasteiger partial charge is 0.303 e. The zero-order valence-corrected chi connectivity index (χ0v) is 8.89. The molecule has 1 fully saturated rings. The SMILES string of the molecule is O=C(O)CCc1ccc(C2COCO2)cc1. The van der Waals surface area contributed by atoms with Crippen LogP contribution in [0.2, 0.25) is 0 Å². The summed E-state index contributed by atoms with van der Waals surface area (Å²) < 4.78 is 10.5. The summed E-state index contributed by atoms with van der Waals surface area (Å²) in [5.41, 5.74) is 2.11. The van der Waals surface area contributed by atoms with E-state index >= 15 is 0 Å². The third kappa shape index (κ3) is 2.81. The van der Waals surface area contributed by atoms with Gasteiger partial charge in [0.2, 0.25) is 0 Å². The lowest BCUT2D eigenvalue weighted by Crippen LogP contribution is -2.01. The molecule has 0 aliphatic carbocycles. The number of carbonyl (C=O) groups is 1. The normalized spacial score (nSPS) is 19.9. The van der Waals surface area contributed by atoms with Gasteiger partial charge in [0.15, 0.2) is 0 Å². The van der Waals surface area contributed by atoms with Gasteiger partial charge in [-0.2, -0.15) is 0 Å². The van der Waals surface area contributed by atoms with Crippen molar-refractivity contribution in [2.45, 2.75) is 18.9 Å². The van der Waals surface area contributed by atoms with E-state index in [0.717, 1.165) is 11.1 Å². The van der Waals surface area contributed by atoms with Crippen molar-refractivity contribution < 1.29 is 19.4 Å². The van der Waals surface area contributed by atoms with E-state index in [1.165, 1.54) is 0 Å². The van der Waals surface area contributed by atoms with Gasteiger partial charge in [0.25, 0.3) is 0 Å². The summed E-state index contributed by atoms with van der Waals surface area (Å²) in [4.78, 5) is 10.4. The van der Waals surface area contributed by atoms with Crippen LogP contribution in [0.15, 0.2) is 24.3 Å². The van der Waals surface area contributed by atoms with Gasteiger partial charge in [-0.1, -0.05) is 24.3 Å². The van der Waals surface area contributed by atoms with Gasteiger partial charge in [-0.25, -0.2) is 0 Å². The fraction of sp³-hybridized carbons (Fsp3) is 0.417. The van der Waals surface area contributed by atoms with Gasteiger partial charge in [0.05, 0.1) is 6.61 Å². The Morgan fingerprint density at radius 3 is 2.69 bits per heavy atom. The molecule has 86 valence electrons. The Kier molecular flexibility index (Phi) is 3.54. The highest BCUT2D eigenvalue weighted by Gasteiger charge is 2.17. The van der Waals surface area contributed by atoms with Gasteiger partial charge >= 0.3 is 5.97 Å². The van der Waals surface area contributed by atoms with Gasteiger partial charge in [0, 0.05) is 6.42 Å². The molecule has 1 saturated heterocycles. The van der Waals surface area contributed by atoms with Crippen LogP contribution in [0.5, 0.6) is 0 Å². The average molecular weight is 222 g/mol. The zero-order valence-electron chi connectivity index (χ0n) is 8.89. The minimum Gasteiger partial charge on any atom is -0.481 e. The van der Waals surface area contributed by atoms with Crippen molar-refractivity contribution in [2.75, 3.05) is 13.4 Å². The summed E-state index contributed by atoms with van der Waals surface area (Å²) in [5, 5.41) is 8.57. The first-order chi connectivity index (χ1) is 7.75. The molecule has 1 unspecified atom stereocenters. The van der Waals surface area contributed by atoms with Crippen molar-refractivity contribution >= 4 is 5.97 Å². The molecule has 0 saturated carbocycles. The van der Waals surface area contributed by atoms with E-state index in [0.29, 0.717) is 19.8 Å². The van der Waals surface area contributed by atoms with Crippen molar-refractivity contribution in [3.05, 3.63) is 35.4 Å². The molecular weight excluding hydrogens is 208 g/mol. The highest BCUT2D eigenvalue weighted by atomic mass is 16.7. The summed E-state index contributed by atoms with van der Waals surface area (Å²) in [6, 6.07) is 7.83. The van der Waals surface area contributed by atoms with E-state index in [4.69, 9.17) is 14.6 Å². The average Bonchev–Trinajstić information content (AvgIpc) is 2.80. The molecule has 0 radical (unpaired) electrons. The molecule has 0 spiro atoms. The van der Waals surface area contributed by atoms with Crippen molar-refractivity contribution in [1.82, 2.24) is 0 Å². The van der Waals surface area contributed by atoms with Gasteiger partial charge in [-0.3, -0.25) is 4.79 Å². The highest BCUT2D eigenvalue weighted by Crippen LogP contribution is 2.22. The van der Waals surface area contributed by atoms with Gasteiger partial charge in [-0.15, -0.1) is 0 Å². The van der Waals surface area contributed by atoms with Crippen LogP contribution in [0.1, 0.15) is 23.7 Å². The number of aryl methyl sites for hydroxylation is 1. The lowest BCUT2D eigenvalue weighted by molar-refractivity contribution is -0.136. The zero-order chi connectivity index (χ0) is 11.4. The number of ether oxygens (including phenoxy) is 2. The summed E-state index contributed by atoms with van der Waals surface area (Å²) in [7, 11) is 0. The Hall–Kier alpha value is -1.39. The van der Waals surface area contributed by atoms with Crippen molar-refractivity contribution in [3.8, 4) is 0 Å². The third-order valence-corrected chi connectivity index (χ3v) is 2.60. The molecule has 0 amide bonds. The molecule has 4 heteroatoms. The summed E-state index contributed by atoms with van der Waals surface area (Å²) in [6.45, 7) is 0.944. The molecule has 4 nitrogen and oxygen atoms in total. The highest BCUT2D eigenvalue weighted by molar-refractivity contribution is 5.67. The number of aliphatic carboxylic acids is 1. The van der Waals surface area contributed by atoms with Gasteiger partial charge < -0.3 is 14.6 Å². The van der Waals surface area contributed by atoms with Crippen molar-refractivity contribution in [3.63, 3.8) is 0 Å². The Morgan fingerprint density at radius 2 is 2.12 bits per heavy atom. The largest absolute Gasteiger partial charge is 0.481 e. The second-order valence-electron chi connectivity index (χ2n) is 3.78. The molecule has 16 heavy (non-hydrogen) atoms. The summed E-state index contributed by atoms with van der Waals surface area (Å²) >= 11 is 0. The van der Waals surface area contributed by atoms with Gasteiger partial charge in [0.1, 0.15) is 12.9 Å². The molecule has 1 aliphatic rings. The Bertz CT molecular complexity index is 352. The maximum atomic E-state index is 10.4. The van der Waals surface area contributed by atoms with E-state index < -0.39 is 5.97 Å². The molecule has 2 rings (SSSR count). The predicted octanol–water partition coefficient (Wildman–Crippen LogP) is 1.75. The molecule has 1 N–H and O–H groups in total. The molecule has 0 bridgehead atoms. The van der Waals surface area contributed by atoms with Crippen LogP contribution in [0.4, 0.5) is 0 Å². The van der Waals surface area contributed by atoms with Crippen molar-refractivity contribution in [2.24, 2.45) is 0 Å². The number of carboxylic acids is 1. The lowest BCUT2D eigenvalue weighted by atomic mass is 10.0. The van der Waals surface area contributed by atoms with Crippen LogP contribution in [-0.2, 0) is 20.7 Å². The second-order valence-corrected chi connectivity index (χ2v) is 3.78. The topological polar surface area (TPSA) is 55.8 Å². The summed E-state index contributed by atoms with van der Waals surface area (Å²) in [6.07, 6.45) is 0.758. The first kappa shape index (κ1) is 11.1. The fourth-order valence-corrected chi connectivity index (χ4v) is 1.68. The number of benzene rings is 1. The predicted molar refractivity (Wildman–Crippen MR) is 57.0 cm³/mol. The Balaban J connectivity index is 1.95. The van der Waals surface area contributed by atoms with Crippen LogP contribution < -0.4 is 0 Å². The summed E-state index contributed by atoms with van der Waals surface area (Å²) in [5.74, 6) is -0.767. The number of carboxylic acid groups (broad SMARTS) is 1. The van der Waals surface area contributed by atoms with E-state index in [1.807, 2.05) is 24.3 Å². The second kappa shape index (κ2) is 5.09. The van der Waals surface area contributed by atoms with Crippen LogP contribution in [0.3, 0.4) is 0 Å². The molecule has 1 heterocycles. The molecule has 0 aromatic heterocycles. The Morgan fingerprint density at radius 1 is 1.38 bits per heavy atom. The first-order valence-corrected chi connectivity index (χ1v) is 5.25.